The minimum absolute atomic E-state index is 0.000945. The van der Waals surface area contributed by atoms with Gasteiger partial charge in [-0.3, -0.25) is 14.4 Å². The third-order valence-electron chi connectivity index (χ3n) is 4.70. The molecule has 1 aromatic heterocycles. The molecule has 8 heteroatoms. The molecule has 3 aromatic rings. The first-order valence-corrected chi connectivity index (χ1v) is 11.3. The number of hydrogen-bond acceptors (Lipinski definition) is 5. The molecule has 0 aliphatic carbocycles. The van der Waals surface area contributed by atoms with Crippen LogP contribution >= 0.6 is 11.8 Å². The van der Waals surface area contributed by atoms with Crippen molar-refractivity contribution in [3.05, 3.63) is 87.3 Å². The highest BCUT2D eigenvalue weighted by Gasteiger charge is 2.10. The Hall–Kier alpha value is -3.39. The van der Waals surface area contributed by atoms with Crippen LogP contribution < -0.4 is 16.2 Å². The Labute approximate surface area is 191 Å². The quantitative estimate of drug-likeness (QED) is 0.343. The minimum Gasteiger partial charge on any atom is -0.355 e. The predicted molar refractivity (Wildman–Crippen MR) is 127 cm³/mol. The SMILES string of the molecule is Cc1ccc(C)c(NC(=O)CSc2nc(CC(=O)NCCc3ccccc3)cc(=O)[nH]2)c1. The van der Waals surface area contributed by atoms with Crippen molar-refractivity contribution in [3.8, 4) is 0 Å². The van der Waals surface area contributed by atoms with Gasteiger partial charge in [0.15, 0.2) is 5.16 Å². The summed E-state index contributed by atoms with van der Waals surface area (Å²) in [5.74, 6) is -0.318. The van der Waals surface area contributed by atoms with Gasteiger partial charge >= 0.3 is 0 Å². The van der Waals surface area contributed by atoms with Crippen LogP contribution in [0.1, 0.15) is 22.4 Å². The molecule has 3 rings (SSSR count). The molecule has 0 spiro atoms. The van der Waals surface area contributed by atoms with Crippen LogP contribution in [0, 0.1) is 13.8 Å². The maximum Gasteiger partial charge on any atom is 0.251 e. The third-order valence-corrected chi connectivity index (χ3v) is 5.57. The Kier molecular flexibility index (Phi) is 8.21. The molecular weight excluding hydrogens is 424 g/mol. The van der Waals surface area contributed by atoms with Crippen LogP contribution in [-0.4, -0.2) is 34.1 Å². The lowest BCUT2D eigenvalue weighted by molar-refractivity contribution is -0.120. The van der Waals surface area contributed by atoms with Gasteiger partial charge in [-0.25, -0.2) is 4.98 Å². The number of aromatic nitrogens is 2. The summed E-state index contributed by atoms with van der Waals surface area (Å²) in [6.07, 6.45) is 0.729. The summed E-state index contributed by atoms with van der Waals surface area (Å²) in [5.41, 5.74) is 3.94. The molecule has 0 radical (unpaired) electrons. The van der Waals surface area contributed by atoms with Crippen LogP contribution in [0.2, 0.25) is 0 Å². The summed E-state index contributed by atoms with van der Waals surface area (Å²) in [6.45, 7) is 4.39. The number of anilines is 1. The minimum atomic E-state index is -0.357. The van der Waals surface area contributed by atoms with E-state index in [1.807, 2.05) is 62.4 Å². The van der Waals surface area contributed by atoms with Gasteiger partial charge in [0.1, 0.15) is 0 Å². The zero-order chi connectivity index (χ0) is 22.9. The van der Waals surface area contributed by atoms with E-state index in [2.05, 4.69) is 20.6 Å². The van der Waals surface area contributed by atoms with Crippen molar-refractivity contribution < 1.29 is 9.59 Å². The van der Waals surface area contributed by atoms with E-state index < -0.39 is 0 Å². The molecule has 0 aliphatic heterocycles. The lowest BCUT2D eigenvalue weighted by Crippen LogP contribution is -2.28. The first kappa shape index (κ1) is 23.3. The number of H-pyrrole nitrogens is 1. The highest BCUT2D eigenvalue weighted by Crippen LogP contribution is 2.18. The van der Waals surface area contributed by atoms with E-state index in [0.717, 1.165) is 40.6 Å². The maximum absolute atomic E-state index is 12.3. The van der Waals surface area contributed by atoms with E-state index in [0.29, 0.717) is 17.4 Å². The fraction of sp³-hybridized carbons (Fsp3) is 0.250. The number of aryl methyl sites for hydroxylation is 2. The Bertz CT molecular complexity index is 1150. The molecule has 0 aliphatic rings. The summed E-state index contributed by atoms with van der Waals surface area (Å²) in [7, 11) is 0. The van der Waals surface area contributed by atoms with Gasteiger partial charge in [0.2, 0.25) is 11.8 Å². The molecule has 3 N–H and O–H groups in total. The fourth-order valence-corrected chi connectivity index (χ4v) is 3.75. The highest BCUT2D eigenvalue weighted by molar-refractivity contribution is 7.99. The smallest absolute Gasteiger partial charge is 0.251 e. The fourth-order valence-electron chi connectivity index (χ4n) is 3.05. The highest BCUT2D eigenvalue weighted by atomic mass is 32.2. The lowest BCUT2D eigenvalue weighted by Gasteiger charge is -2.09. The van der Waals surface area contributed by atoms with Crippen LogP contribution in [-0.2, 0) is 22.4 Å². The molecule has 7 nitrogen and oxygen atoms in total. The number of carbonyl (C=O) groups is 2. The number of benzene rings is 2. The standard InChI is InChI=1S/C24H26N4O3S/c1-16-8-9-17(2)20(12-16)27-23(31)15-32-24-26-19(14-22(30)28-24)13-21(29)25-11-10-18-6-4-3-5-7-18/h3-9,12,14H,10-11,13,15H2,1-2H3,(H,25,29)(H,27,31)(H,26,28,30). The zero-order valence-corrected chi connectivity index (χ0v) is 18.9. The molecule has 0 saturated carbocycles. The number of amides is 2. The van der Waals surface area contributed by atoms with E-state index in [9.17, 15) is 14.4 Å². The van der Waals surface area contributed by atoms with Crippen molar-refractivity contribution in [3.63, 3.8) is 0 Å². The summed E-state index contributed by atoms with van der Waals surface area (Å²) < 4.78 is 0. The van der Waals surface area contributed by atoms with E-state index >= 15 is 0 Å². The average molecular weight is 451 g/mol. The van der Waals surface area contributed by atoms with Crippen LogP contribution in [0.3, 0.4) is 0 Å². The second-order valence-corrected chi connectivity index (χ2v) is 8.42. The number of rotatable bonds is 9. The summed E-state index contributed by atoms with van der Waals surface area (Å²) in [4.78, 5) is 43.4. The van der Waals surface area contributed by atoms with E-state index in [4.69, 9.17) is 0 Å². The number of aromatic amines is 1. The van der Waals surface area contributed by atoms with Crippen molar-refractivity contribution in [2.45, 2.75) is 31.8 Å². The van der Waals surface area contributed by atoms with Gasteiger partial charge in [0.25, 0.3) is 5.56 Å². The van der Waals surface area contributed by atoms with Crippen molar-refractivity contribution in [2.75, 3.05) is 17.6 Å². The van der Waals surface area contributed by atoms with Crippen molar-refractivity contribution in [1.29, 1.82) is 0 Å². The van der Waals surface area contributed by atoms with Gasteiger partial charge in [-0.1, -0.05) is 54.2 Å². The predicted octanol–water partition coefficient (Wildman–Crippen LogP) is 3.02. The Morgan fingerprint density at radius 3 is 2.59 bits per heavy atom. The zero-order valence-electron chi connectivity index (χ0n) is 18.1. The van der Waals surface area contributed by atoms with Gasteiger partial charge in [0.05, 0.1) is 17.9 Å². The number of thioether (sulfide) groups is 1. The van der Waals surface area contributed by atoms with Crippen molar-refractivity contribution >= 4 is 29.3 Å². The Morgan fingerprint density at radius 1 is 1.03 bits per heavy atom. The van der Waals surface area contributed by atoms with Crippen molar-refractivity contribution in [2.24, 2.45) is 0 Å². The second kappa shape index (κ2) is 11.3. The normalized spacial score (nSPS) is 10.6. The first-order chi connectivity index (χ1) is 15.4. The largest absolute Gasteiger partial charge is 0.355 e. The lowest BCUT2D eigenvalue weighted by atomic mass is 10.1. The summed E-state index contributed by atoms with van der Waals surface area (Å²) in [6, 6.07) is 17.0. The summed E-state index contributed by atoms with van der Waals surface area (Å²) >= 11 is 1.12. The topological polar surface area (TPSA) is 104 Å². The molecule has 0 bridgehead atoms. The Balaban J connectivity index is 1.51. The van der Waals surface area contributed by atoms with E-state index in [1.54, 1.807) is 0 Å². The second-order valence-electron chi connectivity index (χ2n) is 7.46. The molecule has 0 atom stereocenters. The molecule has 2 amide bonds. The van der Waals surface area contributed by atoms with Gasteiger partial charge in [-0.2, -0.15) is 0 Å². The molecule has 2 aromatic carbocycles. The molecule has 166 valence electrons. The average Bonchev–Trinajstić information content (AvgIpc) is 2.75. The molecule has 32 heavy (non-hydrogen) atoms. The van der Waals surface area contributed by atoms with Crippen LogP contribution in [0.15, 0.2) is 64.5 Å². The van der Waals surface area contributed by atoms with Crippen LogP contribution in [0.5, 0.6) is 0 Å². The number of nitrogens with one attached hydrogen (secondary N) is 3. The summed E-state index contributed by atoms with van der Waals surface area (Å²) in [5, 5.41) is 6.03. The third kappa shape index (κ3) is 7.39. The van der Waals surface area contributed by atoms with E-state index in [-0.39, 0.29) is 29.5 Å². The van der Waals surface area contributed by atoms with Crippen LogP contribution in [0.4, 0.5) is 5.69 Å². The number of hydrogen-bond donors (Lipinski definition) is 3. The molecular formula is C24H26N4O3S. The molecule has 0 unspecified atom stereocenters. The number of nitrogens with zero attached hydrogens (tertiary/aromatic N) is 1. The van der Waals surface area contributed by atoms with Gasteiger partial charge in [-0.15, -0.1) is 0 Å². The Morgan fingerprint density at radius 2 is 1.81 bits per heavy atom. The molecule has 1 heterocycles. The maximum atomic E-state index is 12.3. The molecule has 0 fully saturated rings. The number of carbonyl (C=O) groups excluding carboxylic acids is 2. The van der Waals surface area contributed by atoms with E-state index in [1.165, 1.54) is 6.07 Å². The van der Waals surface area contributed by atoms with Crippen LogP contribution in [0.25, 0.3) is 0 Å². The van der Waals surface area contributed by atoms with Crippen molar-refractivity contribution in [1.82, 2.24) is 15.3 Å². The monoisotopic (exact) mass is 450 g/mol. The van der Waals surface area contributed by atoms with Gasteiger partial charge < -0.3 is 15.6 Å². The molecule has 0 saturated heterocycles. The first-order valence-electron chi connectivity index (χ1n) is 10.3. The van der Waals surface area contributed by atoms with Gasteiger partial charge in [0, 0.05) is 18.3 Å². The van der Waals surface area contributed by atoms with Gasteiger partial charge in [-0.05, 0) is 43.0 Å².